The molecule has 0 radical (unpaired) electrons. The van der Waals surface area contributed by atoms with Crippen molar-refractivity contribution in [1.29, 1.82) is 0 Å². The average Bonchev–Trinajstić information content (AvgIpc) is 2.87. The van der Waals surface area contributed by atoms with Crippen LogP contribution in [0.2, 0.25) is 0 Å². The monoisotopic (exact) mass is 527 g/mol. The molecule has 1 fully saturated rings. The van der Waals surface area contributed by atoms with E-state index in [9.17, 15) is 18.0 Å². The van der Waals surface area contributed by atoms with E-state index in [0.717, 1.165) is 36.8 Å². The Morgan fingerprint density at radius 3 is 2.24 bits per heavy atom. The predicted octanol–water partition coefficient (Wildman–Crippen LogP) is 4.80. The molecule has 1 saturated carbocycles. The molecule has 0 heterocycles. The molecule has 3 rings (SSSR count). The largest absolute Gasteiger partial charge is 0.352 e. The molecule has 8 heteroatoms. The number of carbonyl (C=O) groups is 2. The van der Waals surface area contributed by atoms with Crippen LogP contribution in [0.5, 0.6) is 0 Å². The third kappa shape index (κ3) is 8.59. The number of anilines is 1. The van der Waals surface area contributed by atoms with Gasteiger partial charge in [0.1, 0.15) is 6.04 Å². The number of nitrogens with zero attached hydrogens (tertiary/aromatic N) is 2. The van der Waals surface area contributed by atoms with Gasteiger partial charge in [-0.25, -0.2) is 8.42 Å². The molecule has 0 bridgehead atoms. The Morgan fingerprint density at radius 1 is 1.00 bits per heavy atom. The first-order chi connectivity index (χ1) is 17.7. The second-order valence-corrected chi connectivity index (χ2v) is 12.0. The van der Waals surface area contributed by atoms with Gasteiger partial charge in [-0.2, -0.15) is 0 Å². The van der Waals surface area contributed by atoms with Crippen molar-refractivity contribution in [2.75, 3.05) is 17.1 Å². The van der Waals surface area contributed by atoms with Gasteiger partial charge in [0.25, 0.3) is 0 Å². The van der Waals surface area contributed by atoms with Gasteiger partial charge in [-0.1, -0.05) is 74.2 Å². The van der Waals surface area contributed by atoms with E-state index in [0.29, 0.717) is 25.1 Å². The van der Waals surface area contributed by atoms with Crippen LogP contribution in [0.15, 0.2) is 54.6 Å². The Hall–Kier alpha value is -2.87. The summed E-state index contributed by atoms with van der Waals surface area (Å²) >= 11 is 0. The highest BCUT2D eigenvalue weighted by atomic mass is 32.2. The van der Waals surface area contributed by atoms with Gasteiger partial charge in [0.15, 0.2) is 0 Å². The summed E-state index contributed by atoms with van der Waals surface area (Å²) < 4.78 is 26.3. The van der Waals surface area contributed by atoms with Crippen LogP contribution >= 0.6 is 0 Å². The Labute approximate surface area is 222 Å². The number of aryl methyl sites for hydroxylation is 1. The van der Waals surface area contributed by atoms with Crippen LogP contribution in [0.4, 0.5) is 5.69 Å². The lowest BCUT2D eigenvalue weighted by Crippen LogP contribution is -2.51. The minimum atomic E-state index is -3.50. The van der Waals surface area contributed by atoms with E-state index in [1.54, 1.807) is 17.0 Å². The molecule has 0 aliphatic heterocycles. The van der Waals surface area contributed by atoms with Crippen LogP contribution in [0.3, 0.4) is 0 Å². The highest BCUT2D eigenvalue weighted by Crippen LogP contribution is 2.21. The van der Waals surface area contributed by atoms with Gasteiger partial charge in [0, 0.05) is 25.6 Å². The van der Waals surface area contributed by atoms with Gasteiger partial charge in [0.2, 0.25) is 21.8 Å². The number of sulfonamides is 1. The minimum absolute atomic E-state index is 0.101. The van der Waals surface area contributed by atoms with E-state index >= 15 is 0 Å². The summed E-state index contributed by atoms with van der Waals surface area (Å²) in [6, 6.07) is 16.6. The van der Waals surface area contributed by atoms with Crippen molar-refractivity contribution < 1.29 is 18.0 Å². The molecule has 2 amide bonds. The third-order valence-corrected chi connectivity index (χ3v) is 8.20. The fraction of sp³-hybridized carbons (Fsp3) is 0.517. The smallest absolute Gasteiger partial charge is 0.243 e. The summed E-state index contributed by atoms with van der Waals surface area (Å²) in [6.45, 7) is 4.41. The van der Waals surface area contributed by atoms with Crippen LogP contribution < -0.4 is 9.62 Å². The molecule has 2 aromatic carbocycles. The van der Waals surface area contributed by atoms with Crippen molar-refractivity contribution in [2.45, 2.75) is 83.8 Å². The first-order valence-electron chi connectivity index (χ1n) is 13.4. The van der Waals surface area contributed by atoms with E-state index in [1.165, 1.54) is 17.0 Å². The Bertz CT molecular complexity index is 1110. The fourth-order valence-corrected chi connectivity index (χ4v) is 5.92. The molecule has 1 aliphatic carbocycles. The van der Waals surface area contributed by atoms with Crippen molar-refractivity contribution in [3.63, 3.8) is 0 Å². The lowest BCUT2D eigenvalue weighted by molar-refractivity contribution is -0.141. The lowest BCUT2D eigenvalue weighted by Gasteiger charge is -2.33. The number of hydrogen-bond donors (Lipinski definition) is 1. The predicted molar refractivity (Wildman–Crippen MR) is 149 cm³/mol. The molecular formula is C29H41N3O4S. The first-order valence-corrected chi connectivity index (χ1v) is 15.2. The molecule has 0 spiro atoms. The standard InChI is InChI=1S/C29H41N3O4S/c1-4-27(29(34)30-25-14-9-6-10-15-25)31(22-24-12-7-5-8-13-24)28(33)16-11-21-32(37(3,35)36)26-19-17-23(2)18-20-26/h5,7-8,12-13,17-20,25,27H,4,6,9-11,14-16,21-22H2,1-3H3,(H,30,34)/t27-/m1/s1. The van der Waals surface area contributed by atoms with Crippen LogP contribution in [0, 0.1) is 6.92 Å². The average molecular weight is 528 g/mol. The molecule has 37 heavy (non-hydrogen) atoms. The van der Waals surface area contributed by atoms with Gasteiger partial charge in [0.05, 0.1) is 11.9 Å². The Morgan fingerprint density at radius 2 is 1.65 bits per heavy atom. The zero-order chi connectivity index (χ0) is 26.8. The highest BCUT2D eigenvalue weighted by molar-refractivity contribution is 7.92. The molecular weight excluding hydrogens is 486 g/mol. The number of benzene rings is 2. The second kappa shape index (κ2) is 13.6. The number of nitrogens with one attached hydrogen (secondary N) is 1. The highest BCUT2D eigenvalue weighted by Gasteiger charge is 2.30. The third-order valence-electron chi connectivity index (χ3n) is 7.01. The number of hydrogen-bond acceptors (Lipinski definition) is 4. The van der Waals surface area contributed by atoms with Crippen LogP contribution in [0.25, 0.3) is 0 Å². The number of rotatable bonds is 12. The molecule has 2 aromatic rings. The van der Waals surface area contributed by atoms with Crippen molar-refractivity contribution in [3.05, 3.63) is 65.7 Å². The SMILES string of the molecule is CC[C@H](C(=O)NC1CCCCC1)N(Cc1ccccc1)C(=O)CCCN(c1ccc(C)cc1)S(C)(=O)=O. The quantitative estimate of drug-likeness (QED) is 0.430. The topological polar surface area (TPSA) is 86.8 Å². The molecule has 1 N–H and O–H groups in total. The molecule has 1 aliphatic rings. The molecule has 0 saturated heterocycles. The Kier molecular flexibility index (Phi) is 10.6. The van der Waals surface area contributed by atoms with Crippen molar-refractivity contribution in [3.8, 4) is 0 Å². The molecule has 0 aromatic heterocycles. The van der Waals surface area contributed by atoms with Gasteiger partial charge >= 0.3 is 0 Å². The summed E-state index contributed by atoms with van der Waals surface area (Å²) in [5, 5.41) is 3.19. The normalized spacial score (nSPS) is 15.1. The zero-order valence-corrected chi connectivity index (χ0v) is 23.2. The number of carbonyl (C=O) groups excluding carboxylic acids is 2. The molecule has 1 atom stereocenters. The maximum Gasteiger partial charge on any atom is 0.243 e. The van der Waals surface area contributed by atoms with Gasteiger partial charge < -0.3 is 10.2 Å². The molecule has 7 nitrogen and oxygen atoms in total. The van der Waals surface area contributed by atoms with E-state index in [-0.39, 0.29) is 30.8 Å². The summed E-state index contributed by atoms with van der Waals surface area (Å²) in [5.74, 6) is -0.247. The van der Waals surface area contributed by atoms with Gasteiger partial charge in [-0.3, -0.25) is 13.9 Å². The van der Waals surface area contributed by atoms with E-state index < -0.39 is 16.1 Å². The maximum absolute atomic E-state index is 13.5. The molecule has 0 unspecified atom stereocenters. The minimum Gasteiger partial charge on any atom is -0.352 e. The zero-order valence-electron chi connectivity index (χ0n) is 22.4. The lowest BCUT2D eigenvalue weighted by atomic mass is 9.95. The van der Waals surface area contributed by atoms with Crippen LogP contribution in [0.1, 0.15) is 69.4 Å². The van der Waals surface area contributed by atoms with E-state index in [2.05, 4.69) is 5.32 Å². The summed E-state index contributed by atoms with van der Waals surface area (Å²) in [4.78, 5) is 28.5. The van der Waals surface area contributed by atoms with Gasteiger partial charge in [-0.05, 0) is 50.3 Å². The summed E-state index contributed by atoms with van der Waals surface area (Å²) in [7, 11) is -3.50. The Balaban J connectivity index is 1.72. The van der Waals surface area contributed by atoms with Crippen molar-refractivity contribution in [1.82, 2.24) is 10.2 Å². The van der Waals surface area contributed by atoms with E-state index in [1.807, 2.05) is 56.3 Å². The van der Waals surface area contributed by atoms with Gasteiger partial charge in [-0.15, -0.1) is 0 Å². The van der Waals surface area contributed by atoms with Crippen molar-refractivity contribution in [2.24, 2.45) is 0 Å². The fourth-order valence-electron chi connectivity index (χ4n) is 4.96. The van der Waals surface area contributed by atoms with E-state index in [4.69, 9.17) is 0 Å². The maximum atomic E-state index is 13.5. The first kappa shape index (κ1) is 28.7. The molecule has 202 valence electrons. The van der Waals surface area contributed by atoms with Crippen LogP contribution in [-0.4, -0.2) is 50.0 Å². The number of amides is 2. The summed E-state index contributed by atoms with van der Waals surface area (Å²) in [5.41, 5.74) is 2.58. The van der Waals surface area contributed by atoms with Crippen LogP contribution in [-0.2, 0) is 26.2 Å². The second-order valence-electron chi connectivity index (χ2n) is 10.0. The van der Waals surface area contributed by atoms with Crippen molar-refractivity contribution >= 4 is 27.5 Å². The summed E-state index contributed by atoms with van der Waals surface area (Å²) in [6.07, 6.45) is 7.59.